The van der Waals surface area contributed by atoms with E-state index in [1.807, 2.05) is 0 Å². The van der Waals surface area contributed by atoms with Crippen LogP contribution in [0, 0.1) is 0 Å². The Morgan fingerprint density at radius 3 is 3.00 bits per heavy atom. The van der Waals surface area contributed by atoms with Crippen molar-refractivity contribution in [3.05, 3.63) is 0 Å². The number of rotatable bonds is 7. The number of carbonyl (C=O) groups excluding carboxylic acids is 2. The molecule has 0 unspecified atom stereocenters. The standard InChI is InChI=1S/C9H16N2O4S/c1-14-5-6-15-10-8(12)2-3-11-4-7-16-9(11)13/h2-7H2,1H3,(H,10,12). The summed E-state index contributed by atoms with van der Waals surface area (Å²) in [5, 5.41) is 0.0492. The number of thioether (sulfide) groups is 1. The van der Waals surface area contributed by atoms with Gasteiger partial charge in [0.2, 0.25) is 5.91 Å². The second kappa shape index (κ2) is 7.48. The van der Waals surface area contributed by atoms with E-state index in [1.165, 1.54) is 11.8 Å². The third-order valence-electron chi connectivity index (χ3n) is 2.03. The van der Waals surface area contributed by atoms with Gasteiger partial charge in [0.15, 0.2) is 0 Å². The summed E-state index contributed by atoms with van der Waals surface area (Å²) < 4.78 is 4.75. The maximum atomic E-state index is 11.2. The van der Waals surface area contributed by atoms with Crippen LogP contribution in [0.4, 0.5) is 4.79 Å². The van der Waals surface area contributed by atoms with E-state index in [-0.39, 0.29) is 17.6 Å². The van der Waals surface area contributed by atoms with Crippen LogP contribution in [-0.2, 0) is 14.4 Å². The van der Waals surface area contributed by atoms with Crippen LogP contribution in [0.15, 0.2) is 0 Å². The van der Waals surface area contributed by atoms with Crippen LogP contribution in [0.5, 0.6) is 0 Å². The quantitative estimate of drug-likeness (QED) is 0.516. The van der Waals surface area contributed by atoms with Crippen LogP contribution in [0.3, 0.4) is 0 Å². The van der Waals surface area contributed by atoms with Crippen LogP contribution in [0.1, 0.15) is 6.42 Å². The van der Waals surface area contributed by atoms with Crippen molar-refractivity contribution in [2.24, 2.45) is 0 Å². The van der Waals surface area contributed by atoms with Gasteiger partial charge in [0, 0.05) is 32.4 Å². The number of hydrogen-bond acceptors (Lipinski definition) is 5. The minimum absolute atomic E-state index is 0.0492. The van der Waals surface area contributed by atoms with Crippen LogP contribution in [-0.4, -0.2) is 55.2 Å². The molecular weight excluding hydrogens is 232 g/mol. The smallest absolute Gasteiger partial charge is 0.281 e. The molecule has 0 aromatic carbocycles. The Balaban J connectivity index is 2.03. The summed E-state index contributed by atoms with van der Waals surface area (Å²) in [4.78, 5) is 29.0. The van der Waals surface area contributed by atoms with E-state index in [4.69, 9.17) is 9.57 Å². The topological polar surface area (TPSA) is 67.9 Å². The predicted octanol–water partition coefficient (Wildman–Crippen LogP) is 0.240. The Kier molecular flexibility index (Phi) is 6.20. The molecule has 1 fully saturated rings. The highest BCUT2D eigenvalue weighted by atomic mass is 32.2. The van der Waals surface area contributed by atoms with Gasteiger partial charge in [-0.1, -0.05) is 11.8 Å². The third-order valence-corrected chi connectivity index (χ3v) is 2.92. The average molecular weight is 248 g/mol. The molecule has 1 aliphatic rings. The van der Waals surface area contributed by atoms with Gasteiger partial charge < -0.3 is 9.64 Å². The van der Waals surface area contributed by atoms with E-state index in [0.717, 1.165) is 12.3 Å². The fourth-order valence-corrected chi connectivity index (χ4v) is 2.02. The molecule has 1 N–H and O–H groups in total. The fraction of sp³-hybridized carbons (Fsp3) is 0.778. The van der Waals surface area contributed by atoms with Gasteiger partial charge in [0.1, 0.15) is 0 Å². The number of methoxy groups -OCH3 is 1. The molecule has 0 radical (unpaired) electrons. The van der Waals surface area contributed by atoms with Crippen molar-refractivity contribution in [1.29, 1.82) is 0 Å². The second-order valence-electron chi connectivity index (χ2n) is 3.22. The summed E-state index contributed by atoms with van der Waals surface area (Å²) >= 11 is 1.29. The van der Waals surface area contributed by atoms with Gasteiger partial charge in [-0.05, 0) is 0 Å². The molecular formula is C9H16N2O4S. The average Bonchev–Trinajstić information content (AvgIpc) is 2.67. The Hall–Kier alpha value is -0.790. The third kappa shape index (κ3) is 4.82. The van der Waals surface area contributed by atoms with Crippen LogP contribution in [0.2, 0.25) is 0 Å². The van der Waals surface area contributed by atoms with Crippen LogP contribution in [0.25, 0.3) is 0 Å². The molecule has 1 saturated heterocycles. The van der Waals surface area contributed by atoms with E-state index < -0.39 is 0 Å². The molecule has 0 bridgehead atoms. The molecule has 0 spiro atoms. The van der Waals surface area contributed by atoms with Gasteiger partial charge in [-0.3, -0.25) is 14.4 Å². The van der Waals surface area contributed by atoms with Crippen LogP contribution >= 0.6 is 11.8 Å². The number of nitrogens with zero attached hydrogens (tertiary/aromatic N) is 1. The number of amides is 2. The van der Waals surface area contributed by atoms with E-state index in [9.17, 15) is 9.59 Å². The Morgan fingerprint density at radius 1 is 1.56 bits per heavy atom. The highest BCUT2D eigenvalue weighted by molar-refractivity contribution is 8.13. The first-order chi connectivity index (χ1) is 7.74. The minimum atomic E-state index is -0.221. The van der Waals surface area contributed by atoms with E-state index in [1.54, 1.807) is 12.0 Å². The van der Waals surface area contributed by atoms with Crippen molar-refractivity contribution < 1.29 is 19.2 Å². The minimum Gasteiger partial charge on any atom is -0.382 e. The molecule has 1 rings (SSSR count). The molecule has 0 aliphatic carbocycles. The molecule has 2 amide bonds. The van der Waals surface area contributed by atoms with Gasteiger partial charge >= 0.3 is 0 Å². The number of nitrogens with one attached hydrogen (secondary N) is 1. The maximum Gasteiger partial charge on any atom is 0.281 e. The van der Waals surface area contributed by atoms with Crippen molar-refractivity contribution in [1.82, 2.24) is 10.4 Å². The molecule has 6 nitrogen and oxygen atoms in total. The largest absolute Gasteiger partial charge is 0.382 e. The number of hydrogen-bond donors (Lipinski definition) is 1. The zero-order valence-electron chi connectivity index (χ0n) is 9.23. The highest BCUT2D eigenvalue weighted by Gasteiger charge is 2.21. The van der Waals surface area contributed by atoms with Crippen molar-refractivity contribution in [3.8, 4) is 0 Å². The highest BCUT2D eigenvalue weighted by Crippen LogP contribution is 2.16. The molecule has 0 aromatic rings. The number of ether oxygens (including phenoxy) is 1. The summed E-state index contributed by atoms with van der Waals surface area (Å²) in [6.07, 6.45) is 0.263. The van der Waals surface area contributed by atoms with Gasteiger partial charge in [-0.2, -0.15) is 0 Å². The molecule has 92 valence electrons. The van der Waals surface area contributed by atoms with Crippen molar-refractivity contribution in [2.75, 3.05) is 39.2 Å². The van der Waals surface area contributed by atoms with Crippen molar-refractivity contribution in [3.63, 3.8) is 0 Å². The molecule has 16 heavy (non-hydrogen) atoms. The van der Waals surface area contributed by atoms with Gasteiger partial charge in [-0.25, -0.2) is 5.48 Å². The summed E-state index contributed by atoms with van der Waals surface area (Å²) in [6.45, 7) is 1.93. The van der Waals surface area contributed by atoms with Gasteiger partial charge in [0.25, 0.3) is 5.24 Å². The van der Waals surface area contributed by atoms with Gasteiger partial charge in [-0.15, -0.1) is 0 Å². The summed E-state index contributed by atoms with van der Waals surface area (Å²) in [5.41, 5.74) is 2.29. The van der Waals surface area contributed by atoms with Crippen molar-refractivity contribution in [2.45, 2.75) is 6.42 Å². The lowest BCUT2D eigenvalue weighted by atomic mass is 10.4. The first-order valence-electron chi connectivity index (χ1n) is 5.05. The predicted molar refractivity (Wildman–Crippen MR) is 60.0 cm³/mol. The molecule has 0 saturated carbocycles. The normalized spacial score (nSPS) is 15.6. The monoisotopic (exact) mass is 248 g/mol. The summed E-state index contributed by atoms with van der Waals surface area (Å²) in [5.74, 6) is 0.589. The molecule has 1 aliphatic heterocycles. The second-order valence-corrected chi connectivity index (χ2v) is 4.26. The molecule has 7 heteroatoms. The summed E-state index contributed by atoms with van der Waals surface area (Å²) in [6, 6.07) is 0. The lowest BCUT2D eigenvalue weighted by molar-refractivity contribution is -0.134. The zero-order chi connectivity index (χ0) is 11.8. The molecule has 0 atom stereocenters. The Bertz CT molecular complexity index is 250. The SMILES string of the molecule is COCCONC(=O)CCN1CCSC1=O. The molecule has 0 aromatic heterocycles. The first kappa shape index (κ1) is 13.3. The summed E-state index contributed by atoms with van der Waals surface area (Å²) in [7, 11) is 1.56. The lowest BCUT2D eigenvalue weighted by Crippen LogP contribution is -2.31. The van der Waals surface area contributed by atoms with E-state index >= 15 is 0 Å². The van der Waals surface area contributed by atoms with E-state index in [0.29, 0.717) is 19.8 Å². The fourth-order valence-electron chi connectivity index (χ4n) is 1.17. The number of carbonyl (C=O) groups is 2. The van der Waals surface area contributed by atoms with Crippen molar-refractivity contribution >= 4 is 22.9 Å². The van der Waals surface area contributed by atoms with Gasteiger partial charge in [0.05, 0.1) is 13.2 Å². The maximum absolute atomic E-state index is 11.2. The number of hydroxylamine groups is 1. The first-order valence-corrected chi connectivity index (χ1v) is 6.04. The lowest BCUT2D eigenvalue weighted by Gasteiger charge is -2.13. The molecule has 1 heterocycles. The Labute approximate surface area is 98.6 Å². The van der Waals surface area contributed by atoms with Crippen LogP contribution < -0.4 is 5.48 Å². The Morgan fingerprint density at radius 2 is 2.38 bits per heavy atom. The zero-order valence-corrected chi connectivity index (χ0v) is 10.0. The van der Waals surface area contributed by atoms with E-state index in [2.05, 4.69) is 5.48 Å².